The SMILES string of the molecule is CC1CC(C)CN(S(=O)(=O)c2ccc(NC(=O)c3ccccc3F)cc2)C1. The Bertz CT molecular complexity index is 918. The predicted molar refractivity (Wildman–Crippen MR) is 102 cm³/mol. The van der Waals surface area contributed by atoms with Crippen LogP contribution in [0.15, 0.2) is 53.4 Å². The fourth-order valence-electron chi connectivity index (χ4n) is 3.51. The molecule has 1 aliphatic heterocycles. The lowest BCUT2D eigenvalue weighted by Crippen LogP contribution is -2.42. The first-order valence-corrected chi connectivity index (χ1v) is 10.4. The zero-order valence-electron chi connectivity index (χ0n) is 15.4. The number of nitrogens with zero attached hydrogens (tertiary/aromatic N) is 1. The Morgan fingerprint density at radius 3 is 2.22 bits per heavy atom. The summed E-state index contributed by atoms with van der Waals surface area (Å²) in [7, 11) is -3.57. The average Bonchev–Trinajstić information content (AvgIpc) is 2.61. The van der Waals surface area contributed by atoms with E-state index in [0.29, 0.717) is 30.6 Å². The van der Waals surface area contributed by atoms with Crippen LogP contribution in [0.5, 0.6) is 0 Å². The number of carbonyl (C=O) groups excluding carboxylic acids is 1. The summed E-state index contributed by atoms with van der Waals surface area (Å²) in [6, 6.07) is 11.7. The minimum absolute atomic E-state index is 0.0644. The van der Waals surface area contributed by atoms with Gasteiger partial charge in [-0.2, -0.15) is 4.31 Å². The van der Waals surface area contributed by atoms with Crippen LogP contribution in [-0.4, -0.2) is 31.7 Å². The quantitative estimate of drug-likeness (QED) is 0.865. The molecule has 2 atom stereocenters. The van der Waals surface area contributed by atoms with Gasteiger partial charge in [0.1, 0.15) is 5.82 Å². The number of nitrogens with one attached hydrogen (secondary N) is 1. The van der Waals surface area contributed by atoms with Gasteiger partial charge in [0.05, 0.1) is 10.5 Å². The van der Waals surface area contributed by atoms with E-state index in [1.165, 1.54) is 46.8 Å². The van der Waals surface area contributed by atoms with Gasteiger partial charge in [-0.25, -0.2) is 12.8 Å². The van der Waals surface area contributed by atoms with Crippen molar-refractivity contribution in [3.05, 3.63) is 59.9 Å². The Morgan fingerprint density at radius 2 is 1.63 bits per heavy atom. The first kappa shape index (κ1) is 19.5. The highest BCUT2D eigenvalue weighted by Crippen LogP contribution is 2.27. The molecule has 0 bridgehead atoms. The van der Waals surface area contributed by atoms with Crippen molar-refractivity contribution >= 4 is 21.6 Å². The van der Waals surface area contributed by atoms with Gasteiger partial charge in [-0.15, -0.1) is 0 Å². The predicted octanol–water partition coefficient (Wildman–Crippen LogP) is 3.74. The Hall–Kier alpha value is -2.25. The topological polar surface area (TPSA) is 66.5 Å². The van der Waals surface area contributed by atoms with Crippen LogP contribution in [0.1, 0.15) is 30.6 Å². The molecule has 1 heterocycles. The molecular weight excluding hydrogens is 367 g/mol. The van der Waals surface area contributed by atoms with Crippen LogP contribution in [-0.2, 0) is 10.0 Å². The maximum absolute atomic E-state index is 13.7. The molecule has 0 aliphatic carbocycles. The molecule has 5 nitrogen and oxygen atoms in total. The lowest BCUT2D eigenvalue weighted by molar-refractivity contribution is 0.102. The fourth-order valence-corrected chi connectivity index (χ4v) is 5.18. The summed E-state index contributed by atoms with van der Waals surface area (Å²) in [5, 5.41) is 2.58. The second-order valence-electron chi connectivity index (χ2n) is 7.23. The number of anilines is 1. The second kappa shape index (κ2) is 7.78. The minimum atomic E-state index is -3.57. The van der Waals surface area contributed by atoms with Crippen LogP contribution in [0.3, 0.4) is 0 Å². The smallest absolute Gasteiger partial charge is 0.258 e. The highest BCUT2D eigenvalue weighted by Gasteiger charge is 2.31. The van der Waals surface area contributed by atoms with E-state index in [9.17, 15) is 17.6 Å². The molecule has 2 aromatic rings. The van der Waals surface area contributed by atoms with E-state index >= 15 is 0 Å². The van der Waals surface area contributed by atoms with Crippen molar-refractivity contribution in [2.75, 3.05) is 18.4 Å². The van der Waals surface area contributed by atoms with Crippen molar-refractivity contribution in [3.8, 4) is 0 Å². The molecule has 1 amide bonds. The van der Waals surface area contributed by atoms with E-state index in [4.69, 9.17) is 0 Å². The van der Waals surface area contributed by atoms with Gasteiger partial charge in [-0.05, 0) is 54.7 Å². The number of amides is 1. The molecule has 1 aliphatic rings. The standard InChI is InChI=1S/C20H23FN2O3S/c1-14-11-15(2)13-23(12-14)27(25,26)17-9-7-16(8-10-17)22-20(24)18-5-3-4-6-19(18)21/h3-10,14-15H,11-13H2,1-2H3,(H,22,24). The van der Waals surface area contributed by atoms with Crippen LogP contribution < -0.4 is 5.32 Å². The Morgan fingerprint density at radius 1 is 1.04 bits per heavy atom. The van der Waals surface area contributed by atoms with Crippen LogP contribution in [0.25, 0.3) is 0 Å². The third-order valence-electron chi connectivity index (χ3n) is 4.70. The molecular formula is C20H23FN2O3S. The second-order valence-corrected chi connectivity index (χ2v) is 9.16. The van der Waals surface area contributed by atoms with Crippen molar-refractivity contribution in [1.29, 1.82) is 0 Å². The molecule has 0 saturated carbocycles. The summed E-state index contributed by atoms with van der Waals surface area (Å²) in [5.41, 5.74) is 0.341. The Balaban J connectivity index is 1.75. The summed E-state index contributed by atoms with van der Waals surface area (Å²) in [5.74, 6) is -0.546. The van der Waals surface area contributed by atoms with Crippen molar-refractivity contribution in [2.45, 2.75) is 25.2 Å². The van der Waals surface area contributed by atoms with E-state index in [1.54, 1.807) is 6.07 Å². The highest BCUT2D eigenvalue weighted by molar-refractivity contribution is 7.89. The lowest BCUT2D eigenvalue weighted by atomic mass is 9.94. The number of hydrogen-bond acceptors (Lipinski definition) is 3. The zero-order chi connectivity index (χ0) is 19.6. The maximum atomic E-state index is 13.7. The van der Waals surface area contributed by atoms with Gasteiger partial charge in [0.25, 0.3) is 5.91 Å². The van der Waals surface area contributed by atoms with E-state index < -0.39 is 21.7 Å². The molecule has 27 heavy (non-hydrogen) atoms. The molecule has 144 valence electrons. The summed E-state index contributed by atoms with van der Waals surface area (Å²) in [6.07, 6.45) is 1.02. The van der Waals surface area contributed by atoms with Gasteiger partial charge in [0, 0.05) is 18.8 Å². The third kappa shape index (κ3) is 4.36. The molecule has 2 unspecified atom stereocenters. The number of benzene rings is 2. The first-order chi connectivity index (χ1) is 12.8. The van der Waals surface area contributed by atoms with Crippen molar-refractivity contribution in [2.24, 2.45) is 11.8 Å². The summed E-state index contributed by atoms with van der Waals surface area (Å²) in [6.45, 7) is 5.13. The van der Waals surface area contributed by atoms with Crippen LogP contribution >= 0.6 is 0 Å². The number of sulfonamides is 1. The van der Waals surface area contributed by atoms with Crippen molar-refractivity contribution < 1.29 is 17.6 Å². The molecule has 0 radical (unpaired) electrons. The van der Waals surface area contributed by atoms with Gasteiger partial charge in [-0.1, -0.05) is 26.0 Å². The van der Waals surface area contributed by atoms with E-state index in [1.807, 2.05) is 0 Å². The van der Waals surface area contributed by atoms with E-state index in [-0.39, 0.29) is 10.5 Å². The number of hydrogen-bond donors (Lipinski definition) is 1. The van der Waals surface area contributed by atoms with Gasteiger partial charge in [-0.3, -0.25) is 4.79 Å². The zero-order valence-corrected chi connectivity index (χ0v) is 16.2. The Kier molecular flexibility index (Phi) is 5.62. The molecule has 7 heteroatoms. The summed E-state index contributed by atoms with van der Waals surface area (Å²) < 4.78 is 40.9. The monoisotopic (exact) mass is 390 g/mol. The van der Waals surface area contributed by atoms with Crippen LogP contribution in [0.4, 0.5) is 10.1 Å². The number of rotatable bonds is 4. The fraction of sp³-hybridized carbons (Fsp3) is 0.350. The highest BCUT2D eigenvalue weighted by atomic mass is 32.2. The van der Waals surface area contributed by atoms with E-state index in [0.717, 1.165) is 6.42 Å². The van der Waals surface area contributed by atoms with Gasteiger partial charge in [0.2, 0.25) is 10.0 Å². The molecule has 1 N–H and O–H groups in total. The largest absolute Gasteiger partial charge is 0.322 e. The molecule has 3 rings (SSSR count). The molecule has 0 aromatic heterocycles. The van der Waals surface area contributed by atoms with Crippen LogP contribution in [0, 0.1) is 17.7 Å². The maximum Gasteiger partial charge on any atom is 0.258 e. The molecule has 1 fully saturated rings. The molecule has 0 spiro atoms. The van der Waals surface area contributed by atoms with Gasteiger partial charge < -0.3 is 5.32 Å². The van der Waals surface area contributed by atoms with Crippen molar-refractivity contribution in [1.82, 2.24) is 4.31 Å². The molecule has 1 saturated heterocycles. The number of piperidine rings is 1. The lowest BCUT2D eigenvalue weighted by Gasteiger charge is -2.34. The number of halogens is 1. The van der Waals surface area contributed by atoms with Gasteiger partial charge in [0.15, 0.2) is 0 Å². The number of carbonyl (C=O) groups is 1. The Labute approximate surface area is 159 Å². The third-order valence-corrected chi connectivity index (χ3v) is 6.55. The average molecular weight is 390 g/mol. The van der Waals surface area contributed by atoms with E-state index in [2.05, 4.69) is 19.2 Å². The van der Waals surface area contributed by atoms with Crippen LogP contribution in [0.2, 0.25) is 0 Å². The first-order valence-electron chi connectivity index (χ1n) is 8.93. The molecule has 2 aromatic carbocycles. The van der Waals surface area contributed by atoms with Gasteiger partial charge >= 0.3 is 0 Å². The van der Waals surface area contributed by atoms with Crippen molar-refractivity contribution in [3.63, 3.8) is 0 Å². The summed E-state index contributed by atoms with van der Waals surface area (Å²) >= 11 is 0. The summed E-state index contributed by atoms with van der Waals surface area (Å²) in [4.78, 5) is 12.3. The minimum Gasteiger partial charge on any atom is -0.322 e. The normalized spacial score (nSPS) is 21.0.